The Morgan fingerprint density at radius 2 is 1.81 bits per heavy atom. The molecule has 0 aliphatic carbocycles. The number of carbonyl (C=O) groups excluding carboxylic acids is 2. The molecule has 3 rings (SSSR count). The van der Waals surface area contributed by atoms with Gasteiger partial charge in [-0.2, -0.15) is 0 Å². The van der Waals surface area contributed by atoms with Crippen LogP contribution in [0.25, 0.3) is 0 Å². The zero-order chi connectivity index (χ0) is 22.7. The Hall–Kier alpha value is -3.04. The minimum atomic E-state index is -0.796. The van der Waals surface area contributed by atoms with Gasteiger partial charge in [-0.25, -0.2) is 0 Å². The molecule has 2 heterocycles. The molecular formula is C22H26N2O6S. The van der Waals surface area contributed by atoms with Gasteiger partial charge in [-0.15, -0.1) is 11.3 Å². The number of rotatable bonds is 9. The van der Waals surface area contributed by atoms with E-state index in [-0.39, 0.29) is 11.4 Å². The normalized spacial score (nSPS) is 16.3. The number of thiophene rings is 1. The molecule has 9 heteroatoms. The Labute approximate surface area is 185 Å². The van der Waals surface area contributed by atoms with E-state index in [1.54, 1.807) is 29.6 Å². The first-order valence-corrected chi connectivity index (χ1v) is 10.5. The van der Waals surface area contributed by atoms with Gasteiger partial charge in [0.15, 0.2) is 17.3 Å². The summed E-state index contributed by atoms with van der Waals surface area (Å²) in [7, 11) is 8.27. The highest BCUT2D eigenvalue weighted by Crippen LogP contribution is 2.45. The van der Waals surface area contributed by atoms with Gasteiger partial charge in [0.25, 0.3) is 5.91 Å². The highest BCUT2D eigenvalue weighted by molar-refractivity contribution is 7.12. The van der Waals surface area contributed by atoms with Crippen molar-refractivity contribution in [1.82, 2.24) is 9.80 Å². The van der Waals surface area contributed by atoms with Crippen molar-refractivity contribution in [2.24, 2.45) is 0 Å². The fraction of sp³-hybridized carbons (Fsp3) is 0.364. The predicted octanol–water partition coefficient (Wildman–Crippen LogP) is 2.91. The SMILES string of the molecule is COc1cc([C@@H]2C(C(=O)c3cccs3)=C(O)C(=O)N2CCN(C)C)cc(OC)c1OC. The predicted molar refractivity (Wildman–Crippen MR) is 117 cm³/mol. The number of nitrogens with zero attached hydrogens (tertiary/aromatic N) is 2. The molecule has 1 aromatic carbocycles. The van der Waals surface area contributed by atoms with Gasteiger partial charge in [-0.05, 0) is 43.2 Å². The van der Waals surface area contributed by atoms with Gasteiger partial charge in [0, 0.05) is 13.1 Å². The number of methoxy groups -OCH3 is 3. The Bertz CT molecular complexity index is 974. The number of hydrogen-bond acceptors (Lipinski definition) is 8. The molecule has 0 saturated carbocycles. The smallest absolute Gasteiger partial charge is 0.290 e. The van der Waals surface area contributed by atoms with Crippen molar-refractivity contribution in [2.45, 2.75) is 6.04 Å². The van der Waals surface area contributed by atoms with Gasteiger partial charge >= 0.3 is 0 Å². The number of carbonyl (C=O) groups is 2. The van der Waals surface area contributed by atoms with E-state index in [4.69, 9.17) is 14.2 Å². The molecule has 0 saturated heterocycles. The molecule has 1 N–H and O–H groups in total. The van der Waals surface area contributed by atoms with Gasteiger partial charge < -0.3 is 29.1 Å². The van der Waals surface area contributed by atoms with Crippen molar-refractivity contribution < 1.29 is 28.9 Å². The average Bonchev–Trinajstić information content (AvgIpc) is 3.38. The van der Waals surface area contributed by atoms with E-state index < -0.39 is 17.7 Å². The second-order valence-corrected chi connectivity index (χ2v) is 8.18. The van der Waals surface area contributed by atoms with Crippen molar-refractivity contribution in [2.75, 3.05) is 48.5 Å². The molecule has 0 fully saturated rings. The third kappa shape index (κ3) is 4.24. The van der Waals surface area contributed by atoms with Crippen LogP contribution in [0, 0.1) is 0 Å². The van der Waals surface area contributed by atoms with E-state index in [2.05, 4.69) is 0 Å². The van der Waals surface area contributed by atoms with Crippen LogP contribution in [-0.4, -0.2) is 75.1 Å². The summed E-state index contributed by atoms with van der Waals surface area (Å²) in [6.07, 6.45) is 0. The van der Waals surface area contributed by atoms with E-state index >= 15 is 0 Å². The summed E-state index contributed by atoms with van der Waals surface area (Å²) < 4.78 is 16.3. The number of ketones is 1. The lowest BCUT2D eigenvalue weighted by atomic mass is 9.94. The molecule has 1 aliphatic heterocycles. The van der Waals surface area contributed by atoms with Crippen LogP contribution in [-0.2, 0) is 4.79 Å². The Kier molecular flexibility index (Phi) is 6.87. The molecule has 31 heavy (non-hydrogen) atoms. The van der Waals surface area contributed by atoms with Crippen molar-refractivity contribution in [3.05, 3.63) is 51.4 Å². The van der Waals surface area contributed by atoms with Gasteiger partial charge in [-0.3, -0.25) is 9.59 Å². The highest BCUT2D eigenvalue weighted by atomic mass is 32.1. The third-order valence-electron chi connectivity index (χ3n) is 5.08. The number of likely N-dealkylation sites (N-methyl/N-ethyl adjacent to an activating group) is 1. The fourth-order valence-electron chi connectivity index (χ4n) is 3.57. The Morgan fingerprint density at radius 3 is 2.29 bits per heavy atom. The molecule has 0 spiro atoms. The largest absolute Gasteiger partial charge is 0.503 e. The summed E-state index contributed by atoms with van der Waals surface area (Å²) >= 11 is 1.26. The number of aliphatic hydroxyl groups is 1. The van der Waals surface area contributed by atoms with Crippen LogP contribution in [0.2, 0.25) is 0 Å². The highest BCUT2D eigenvalue weighted by Gasteiger charge is 2.44. The van der Waals surface area contributed by atoms with E-state index in [1.807, 2.05) is 19.0 Å². The Balaban J connectivity index is 2.17. The first kappa shape index (κ1) is 22.6. The van der Waals surface area contributed by atoms with E-state index in [0.717, 1.165) is 0 Å². The maximum absolute atomic E-state index is 13.3. The first-order chi connectivity index (χ1) is 14.8. The second-order valence-electron chi connectivity index (χ2n) is 7.23. The van der Waals surface area contributed by atoms with Gasteiger partial charge in [-0.1, -0.05) is 6.07 Å². The molecule has 1 amide bonds. The fourth-order valence-corrected chi connectivity index (χ4v) is 4.25. The molecule has 2 aromatic rings. The summed E-state index contributed by atoms with van der Waals surface area (Å²) in [5.74, 6) is -0.307. The van der Waals surface area contributed by atoms with Gasteiger partial charge in [0.05, 0.1) is 37.8 Å². The number of aliphatic hydroxyl groups excluding tert-OH is 1. The van der Waals surface area contributed by atoms with E-state index in [0.29, 0.717) is 40.8 Å². The van der Waals surface area contributed by atoms with Crippen molar-refractivity contribution in [3.8, 4) is 17.2 Å². The molecule has 8 nitrogen and oxygen atoms in total. The molecule has 0 radical (unpaired) electrons. The van der Waals surface area contributed by atoms with Crippen LogP contribution in [0.4, 0.5) is 0 Å². The standard InChI is InChI=1S/C22H26N2O6S/c1-23(2)8-9-24-18(13-11-14(28-3)21(30-5)15(12-13)29-4)17(20(26)22(24)27)19(25)16-7-6-10-31-16/h6-7,10-12,18,26H,8-9H2,1-5H3/t18-/m1/s1. The summed E-state index contributed by atoms with van der Waals surface area (Å²) in [6, 6.07) is 6.03. The van der Waals surface area contributed by atoms with Crippen molar-refractivity contribution in [3.63, 3.8) is 0 Å². The number of hydrogen-bond donors (Lipinski definition) is 1. The van der Waals surface area contributed by atoms with Gasteiger partial charge in [0.2, 0.25) is 11.5 Å². The molecule has 1 aromatic heterocycles. The zero-order valence-corrected chi connectivity index (χ0v) is 19.0. The molecular weight excluding hydrogens is 420 g/mol. The molecule has 166 valence electrons. The quantitative estimate of drug-likeness (QED) is 0.593. The van der Waals surface area contributed by atoms with Crippen LogP contribution in [0.1, 0.15) is 21.3 Å². The lowest BCUT2D eigenvalue weighted by molar-refractivity contribution is -0.129. The first-order valence-electron chi connectivity index (χ1n) is 9.60. The van der Waals surface area contributed by atoms with Crippen LogP contribution in [0.3, 0.4) is 0 Å². The monoisotopic (exact) mass is 446 g/mol. The minimum Gasteiger partial charge on any atom is -0.503 e. The minimum absolute atomic E-state index is 0.0421. The summed E-state index contributed by atoms with van der Waals surface area (Å²) in [5, 5.41) is 12.5. The lowest BCUT2D eigenvalue weighted by Gasteiger charge is -2.28. The topological polar surface area (TPSA) is 88.5 Å². The number of Topliss-reactive ketones (excluding diaryl/α,β-unsaturated/α-hetero) is 1. The molecule has 0 unspecified atom stereocenters. The van der Waals surface area contributed by atoms with Crippen molar-refractivity contribution in [1.29, 1.82) is 0 Å². The second kappa shape index (κ2) is 9.40. The van der Waals surface area contributed by atoms with E-state index in [9.17, 15) is 14.7 Å². The number of benzene rings is 1. The average molecular weight is 447 g/mol. The maximum Gasteiger partial charge on any atom is 0.290 e. The third-order valence-corrected chi connectivity index (χ3v) is 5.95. The molecule has 1 aliphatic rings. The summed E-state index contributed by atoms with van der Waals surface area (Å²) in [5.41, 5.74) is 0.617. The molecule has 1 atom stereocenters. The van der Waals surface area contributed by atoms with E-state index in [1.165, 1.54) is 37.6 Å². The van der Waals surface area contributed by atoms with Crippen LogP contribution >= 0.6 is 11.3 Å². The van der Waals surface area contributed by atoms with Crippen molar-refractivity contribution >= 4 is 23.0 Å². The van der Waals surface area contributed by atoms with Crippen LogP contribution in [0.5, 0.6) is 17.2 Å². The molecule has 0 bridgehead atoms. The maximum atomic E-state index is 13.3. The number of amides is 1. The Morgan fingerprint density at radius 1 is 1.16 bits per heavy atom. The van der Waals surface area contributed by atoms with Gasteiger partial charge in [0.1, 0.15) is 0 Å². The lowest BCUT2D eigenvalue weighted by Crippen LogP contribution is -2.36. The number of ether oxygens (including phenoxy) is 3. The van der Waals surface area contributed by atoms with Crippen LogP contribution < -0.4 is 14.2 Å². The summed E-state index contributed by atoms with van der Waals surface area (Å²) in [6.45, 7) is 0.874. The zero-order valence-electron chi connectivity index (χ0n) is 18.2. The van der Waals surface area contributed by atoms with Crippen LogP contribution in [0.15, 0.2) is 41.0 Å². The summed E-state index contributed by atoms with van der Waals surface area (Å²) in [4.78, 5) is 30.1.